The molecule has 0 radical (unpaired) electrons. The summed E-state index contributed by atoms with van der Waals surface area (Å²) in [6, 6.07) is 0. The van der Waals surface area contributed by atoms with Crippen molar-refractivity contribution in [1.82, 2.24) is 0 Å². The summed E-state index contributed by atoms with van der Waals surface area (Å²) in [6.45, 7) is 15.0. The Morgan fingerprint density at radius 3 is 2.55 bits per heavy atom. The third-order valence-electron chi connectivity index (χ3n) is 9.78. The molecule has 0 spiro atoms. The summed E-state index contributed by atoms with van der Waals surface area (Å²) in [5, 5.41) is 0.609. The average molecular weight is 419 g/mol. The molecule has 168 valence electrons. The lowest BCUT2D eigenvalue weighted by atomic mass is 9.56. The molecule has 7 atom stereocenters. The van der Waals surface area contributed by atoms with E-state index in [1.807, 2.05) is 5.57 Å². The fraction of sp³-hybridized carbons (Fsp3) is 0.929. The average Bonchev–Trinajstić information content (AvgIpc) is 2.95. The number of allylic oxidation sites excluding steroid dienone is 2. The van der Waals surface area contributed by atoms with Crippen molar-refractivity contribution in [2.45, 2.75) is 124 Å². The first-order valence-electron chi connectivity index (χ1n) is 13.0. The molecule has 2 saturated carbocycles. The molecule has 0 aromatic carbocycles. The Bertz CT molecular complexity index is 563. The molecule has 3 rings (SSSR count). The molecule has 3 aliphatic carbocycles. The molecule has 2 fully saturated rings. The largest absolute Gasteiger partial charge is 0.175 e. The lowest BCUT2D eigenvalue weighted by molar-refractivity contribution is 0.0929. The number of rotatable bonds is 8. The second-order valence-electron chi connectivity index (χ2n) is 12.3. The van der Waals surface area contributed by atoms with E-state index in [4.69, 9.17) is 12.6 Å². The molecule has 0 heterocycles. The zero-order valence-corrected chi connectivity index (χ0v) is 21.4. The summed E-state index contributed by atoms with van der Waals surface area (Å²) in [4.78, 5) is 0. The predicted octanol–water partition coefficient (Wildman–Crippen LogP) is 9.11. The van der Waals surface area contributed by atoms with Crippen molar-refractivity contribution in [1.29, 1.82) is 0 Å². The van der Waals surface area contributed by atoms with Crippen molar-refractivity contribution >= 4 is 12.6 Å². The molecule has 0 amide bonds. The Morgan fingerprint density at radius 2 is 1.83 bits per heavy atom. The molecule has 7 unspecified atom stereocenters. The first-order chi connectivity index (χ1) is 13.7. The molecule has 0 aliphatic heterocycles. The van der Waals surface area contributed by atoms with E-state index in [0.717, 1.165) is 29.6 Å². The van der Waals surface area contributed by atoms with Crippen molar-refractivity contribution in [3.8, 4) is 0 Å². The van der Waals surface area contributed by atoms with E-state index in [1.54, 1.807) is 0 Å². The molecule has 3 aliphatic rings. The van der Waals surface area contributed by atoms with Crippen LogP contribution in [0.3, 0.4) is 0 Å². The van der Waals surface area contributed by atoms with Crippen LogP contribution in [-0.4, -0.2) is 5.25 Å². The number of hydrogen-bond donors (Lipinski definition) is 1. The van der Waals surface area contributed by atoms with Crippen LogP contribution in [0, 0.1) is 40.4 Å². The topological polar surface area (TPSA) is 0 Å². The van der Waals surface area contributed by atoms with Gasteiger partial charge in [0.2, 0.25) is 0 Å². The van der Waals surface area contributed by atoms with Gasteiger partial charge in [-0.25, -0.2) is 0 Å². The van der Waals surface area contributed by atoms with Crippen molar-refractivity contribution in [3.63, 3.8) is 0 Å². The van der Waals surface area contributed by atoms with Crippen molar-refractivity contribution in [2.24, 2.45) is 40.4 Å². The van der Waals surface area contributed by atoms with E-state index in [2.05, 4.69) is 47.6 Å². The van der Waals surface area contributed by atoms with Crippen LogP contribution >= 0.6 is 12.6 Å². The lowest BCUT2D eigenvalue weighted by Gasteiger charge is -2.49. The van der Waals surface area contributed by atoms with Crippen LogP contribution in [0.15, 0.2) is 11.6 Å². The Balaban J connectivity index is 1.63. The van der Waals surface area contributed by atoms with Gasteiger partial charge in [0.05, 0.1) is 0 Å². The van der Waals surface area contributed by atoms with Gasteiger partial charge in [0.25, 0.3) is 0 Å². The maximum absolute atomic E-state index is 5.16. The summed E-state index contributed by atoms with van der Waals surface area (Å²) < 4.78 is 0. The van der Waals surface area contributed by atoms with Crippen LogP contribution in [-0.2, 0) is 0 Å². The molecular formula is C28H50S. The maximum Gasteiger partial charge on any atom is 0.00734 e. The van der Waals surface area contributed by atoms with E-state index < -0.39 is 0 Å². The summed E-state index contributed by atoms with van der Waals surface area (Å²) in [5.74, 6) is 4.41. The van der Waals surface area contributed by atoms with Gasteiger partial charge in [0, 0.05) is 5.25 Å². The monoisotopic (exact) mass is 418 g/mol. The van der Waals surface area contributed by atoms with Gasteiger partial charge in [-0.1, -0.05) is 72.5 Å². The smallest absolute Gasteiger partial charge is 0.00734 e. The normalized spacial score (nSPS) is 41.3. The second-order valence-corrected chi connectivity index (χ2v) is 12.9. The van der Waals surface area contributed by atoms with Crippen LogP contribution in [0.25, 0.3) is 0 Å². The van der Waals surface area contributed by atoms with E-state index in [9.17, 15) is 0 Å². The number of hydrogen-bond acceptors (Lipinski definition) is 1. The van der Waals surface area contributed by atoms with Crippen LogP contribution in [0.1, 0.15) is 119 Å². The van der Waals surface area contributed by atoms with Gasteiger partial charge in [-0.05, 0) is 98.2 Å². The minimum absolute atomic E-state index is 0.444. The molecule has 0 aromatic heterocycles. The van der Waals surface area contributed by atoms with Crippen LogP contribution in [0.5, 0.6) is 0 Å². The zero-order valence-electron chi connectivity index (χ0n) is 20.5. The zero-order chi connectivity index (χ0) is 21.2. The highest BCUT2D eigenvalue weighted by molar-refractivity contribution is 7.81. The van der Waals surface area contributed by atoms with Crippen LogP contribution in [0.2, 0.25) is 0 Å². The number of thiol groups is 1. The molecular weight excluding hydrogens is 368 g/mol. The highest BCUT2D eigenvalue weighted by atomic mass is 32.1. The third kappa shape index (κ3) is 5.12. The first kappa shape index (κ1) is 23.7. The van der Waals surface area contributed by atoms with Crippen molar-refractivity contribution in [3.05, 3.63) is 11.6 Å². The summed E-state index contributed by atoms with van der Waals surface area (Å²) >= 11 is 5.16. The quantitative estimate of drug-likeness (QED) is 0.295. The predicted molar refractivity (Wildman–Crippen MR) is 133 cm³/mol. The molecule has 29 heavy (non-hydrogen) atoms. The molecule has 0 aromatic rings. The molecule has 0 N–H and O–H groups in total. The van der Waals surface area contributed by atoms with Crippen molar-refractivity contribution in [2.75, 3.05) is 0 Å². The Hall–Kier alpha value is 0.0900. The minimum Gasteiger partial charge on any atom is -0.175 e. The molecule has 0 bridgehead atoms. The van der Waals surface area contributed by atoms with E-state index >= 15 is 0 Å². The highest BCUT2D eigenvalue weighted by Gasteiger charge is 2.48. The molecule has 0 nitrogen and oxygen atoms in total. The van der Waals surface area contributed by atoms with E-state index in [1.165, 1.54) is 77.0 Å². The standard InChI is InChI=1S/C28H50S/c1-20(2)9-7-10-22(4)25-13-14-26(29)28(25,6)18-16-23-11-8-12-24-19-21(3)15-17-27(23,24)5/h12,20-23,25-26,29H,7-11,13-19H2,1-6H3. The fourth-order valence-electron chi connectivity index (χ4n) is 7.51. The molecule has 0 saturated heterocycles. The maximum atomic E-state index is 5.16. The minimum atomic E-state index is 0.444. The van der Waals surface area contributed by atoms with Gasteiger partial charge < -0.3 is 0 Å². The van der Waals surface area contributed by atoms with Gasteiger partial charge in [0.15, 0.2) is 0 Å². The lowest BCUT2D eigenvalue weighted by Crippen LogP contribution is -2.39. The van der Waals surface area contributed by atoms with Gasteiger partial charge in [-0.15, -0.1) is 0 Å². The summed E-state index contributed by atoms with van der Waals surface area (Å²) in [5.41, 5.74) is 2.77. The third-order valence-corrected chi connectivity index (χ3v) is 10.6. The Morgan fingerprint density at radius 1 is 1.07 bits per heavy atom. The van der Waals surface area contributed by atoms with Crippen LogP contribution < -0.4 is 0 Å². The Labute approximate surface area is 188 Å². The molecule has 1 heteroatoms. The highest BCUT2D eigenvalue weighted by Crippen LogP contribution is 2.57. The summed E-state index contributed by atoms with van der Waals surface area (Å²) in [7, 11) is 0. The van der Waals surface area contributed by atoms with Gasteiger partial charge in [-0.2, -0.15) is 12.6 Å². The van der Waals surface area contributed by atoms with Gasteiger partial charge in [-0.3, -0.25) is 0 Å². The SMILES string of the molecule is CC(C)CCCC(C)C1CCC(S)C1(C)CCC1CCC=C2CC(C)CCC21C. The first-order valence-corrected chi connectivity index (χ1v) is 13.6. The van der Waals surface area contributed by atoms with Crippen LogP contribution in [0.4, 0.5) is 0 Å². The number of fused-ring (bicyclic) bond motifs is 1. The second kappa shape index (κ2) is 9.70. The van der Waals surface area contributed by atoms with Crippen molar-refractivity contribution < 1.29 is 0 Å². The van der Waals surface area contributed by atoms with Gasteiger partial charge >= 0.3 is 0 Å². The fourth-order valence-corrected chi connectivity index (χ4v) is 7.98. The van der Waals surface area contributed by atoms with E-state index in [0.29, 0.717) is 16.1 Å². The Kier molecular flexibility index (Phi) is 7.95. The van der Waals surface area contributed by atoms with Gasteiger partial charge in [0.1, 0.15) is 0 Å². The van der Waals surface area contributed by atoms with E-state index in [-0.39, 0.29) is 0 Å². The summed E-state index contributed by atoms with van der Waals surface area (Å²) in [6.07, 6.45) is 19.4.